The number of phosphoric acid groups is 3. The van der Waals surface area contributed by atoms with Crippen molar-refractivity contribution >= 4 is 31.3 Å². The molecule has 2 fully saturated rings. The molecule has 0 aromatic carbocycles. The van der Waals surface area contributed by atoms with E-state index in [0.29, 0.717) is 12.8 Å². The van der Waals surface area contributed by atoms with Crippen LogP contribution in [-0.2, 0) is 41.1 Å². The van der Waals surface area contributed by atoms with E-state index in [2.05, 4.69) is 13.1 Å². The topological polar surface area (TPSA) is 188 Å². The molecule has 2 rings (SSSR count). The van der Waals surface area contributed by atoms with Gasteiger partial charge in [-0.25, -0.2) is 13.7 Å². The highest BCUT2D eigenvalue weighted by atomic mass is 31.3. The largest absolute Gasteiger partial charge is 0.490 e. The minimum absolute atomic E-state index is 0.0585. The molecular formula is C10H22BO13P3. The standard InChI is InChI=1S/C10H22BO13P3/c1-6-2-3-10(20-6)22-7-4-9(11)21-8(7)5-19-26(15,16)24-27(17,18)23-25(12,13)14/h6-10H,2-5,11H2,1H3,(H,15,16)(H,17,18)(H2,12,13,14). The summed E-state index contributed by atoms with van der Waals surface area (Å²) in [7, 11) is -14.4. The van der Waals surface area contributed by atoms with Crippen LogP contribution in [-0.4, -0.2) is 64.6 Å². The molecule has 7 atom stereocenters. The van der Waals surface area contributed by atoms with Gasteiger partial charge in [-0.05, 0) is 19.8 Å². The van der Waals surface area contributed by atoms with E-state index in [1.54, 1.807) is 7.85 Å². The van der Waals surface area contributed by atoms with Crippen LogP contribution in [0.4, 0.5) is 0 Å². The molecule has 0 spiro atoms. The molecule has 0 amide bonds. The Kier molecular flexibility index (Phi) is 7.89. The molecular weight excluding hydrogens is 432 g/mol. The molecule has 0 aromatic rings. The van der Waals surface area contributed by atoms with Gasteiger partial charge in [0.25, 0.3) is 0 Å². The minimum Gasteiger partial charge on any atom is -0.379 e. The summed E-state index contributed by atoms with van der Waals surface area (Å²) >= 11 is 0. The monoisotopic (exact) mass is 454 g/mol. The molecule has 0 radical (unpaired) electrons. The van der Waals surface area contributed by atoms with Gasteiger partial charge < -0.3 is 33.8 Å². The molecule has 2 aliphatic heterocycles. The van der Waals surface area contributed by atoms with Crippen molar-refractivity contribution in [1.29, 1.82) is 0 Å². The van der Waals surface area contributed by atoms with Crippen LogP contribution in [0.1, 0.15) is 26.2 Å². The van der Waals surface area contributed by atoms with E-state index in [9.17, 15) is 18.6 Å². The van der Waals surface area contributed by atoms with Crippen LogP contribution in [0.15, 0.2) is 0 Å². The number of phosphoric ester groups is 1. The quantitative estimate of drug-likeness (QED) is 0.269. The van der Waals surface area contributed by atoms with Crippen LogP contribution in [0.2, 0.25) is 0 Å². The molecule has 2 heterocycles. The first-order chi connectivity index (χ1) is 12.2. The smallest absolute Gasteiger partial charge is 0.379 e. The molecule has 158 valence electrons. The van der Waals surface area contributed by atoms with Gasteiger partial charge >= 0.3 is 23.5 Å². The molecule has 2 saturated heterocycles. The Morgan fingerprint density at radius 3 is 2.26 bits per heavy atom. The van der Waals surface area contributed by atoms with Crippen molar-refractivity contribution in [3.05, 3.63) is 0 Å². The van der Waals surface area contributed by atoms with Crippen LogP contribution in [0.5, 0.6) is 0 Å². The third-order valence-corrected chi connectivity index (χ3v) is 7.53. The lowest BCUT2D eigenvalue weighted by Crippen LogP contribution is -2.32. The molecule has 0 bridgehead atoms. The van der Waals surface area contributed by atoms with Gasteiger partial charge in [0.1, 0.15) is 14.0 Å². The number of hydrogen-bond donors (Lipinski definition) is 4. The Hall–Kier alpha value is 0.355. The fourth-order valence-electron chi connectivity index (χ4n) is 2.74. The number of ether oxygens (including phenoxy) is 3. The van der Waals surface area contributed by atoms with Gasteiger partial charge in [0.15, 0.2) is 6.29 Å². The second kappa shape index (κ2) is 9.01. The van der Waals surface area contributed by atoms with Crippen molar-refractivity contribution < 1.29 is 60.6 Å². The predicted molar refractivity (Wildman–Crippen MR) is 90.1 cm³/mol. The summed E-state index contributed by atoms with van der Waals surface area (Å²) in [6.07, 6.45) is 0.316. The molecule has 2 aliphatic rings. The first kappa shape index (κ1) is 23.6. The SMILES string of the molecule is BC1CC(OC2CCC(C)O2)C(COP(=O)(O)OP(=O)(O)OP(=O)(O)O)O1. The average Bonchev–Trinajstić information content (AvgIpc) is 2.99. The lowest BCUT2D eigenvalue weighted by Gasteiger charge is -2.23. The van der Waals surface area contributed by atoms with Gasteiger partial charge in [-0.3, -0.25) is 4.52 Å². The maximum Gasteiger partial charge on any atom is 0.490 e. The third-order valence-electron chi connectivity index (χ3n) is 3.72. The zero-order valence-electron chi connectivity index (χ0n) is 14.5. The fourth-order valence-corrected chi connectivity index (χ4v) is 5.77. The highest BCUT2D eigenvalue weighted by molar-refractivity contribution is 7.66. The Balaban J connectivity index is 1.89. The molecule has 4 N–H and O–H groups in total. The minimum atomic E-state index is -5.55. The van der Waals surface area contributed by atoms with Crippen LogP contribution in [0.25, 0.3) is 0 Å². The Labute approximate surface area is 156 Å². The van der Waals surface area contributed by atoms with Crippen LogP contribution in [0, 0.1) is 0 Å². The number of rotatable bonds is 9. The van der Waals surface area contributed by atoms with Crippen LogP contribution >= 0.6 is 23.5 Å². The molecule has 17 heteroatoms. The van der Waals surface area contributed by atoms with E-state index in [-0.39, 0.29) is 12.1 Å². The lowest BCUT2D eigenvalue weighted by molar-refractivity contribution is -0.172. The lowest BCUT2D eigenvalue weighted by atomic mass is 9.96. The van der Waals surface area contributed by atoms with Crippen molar-refractivity contribution in [2.24, 2.45) is 0 Å². The Bertz CT molecular complexity index is 654. The molecule has 27 heavy (non-hydrogen) atoms. The highest BCUT2D eigenvalue weighted by Gasteiger charge is 2.43. The molecule has 13 nitrogen and oxygen atoms in total. The zero-order valence-corrected chi connectivity index (χ0v) is 17.2. The van der Waals surface area contributed by atoms with Crippen molar-refractivity contribution in [1.82, 2.24) is 0 Å². The van der Waals surface area contributed by atoms with Gasteiger partial charge in [-0.1, -0.05) is 0 Å². The molecule has 0 aliphatic carbocycles. The first-order valence-corrected chi connectivity index (χ1v) is 12.5. The summed E-state index contributed by atoms with van der Waals surface area (Å²) in [5.74, 6) is 0. The van der Waals surface area contributed by atoms with E-state index in [0.717, 1.165) is 6.42 Å². The molecule has 0 saturated carbocycles. The van der Waals surface area contributed by atoms with Gasteiger partial charge in [-0.15, -0.1) is 0 Å². The van der Waals surface area contributed by atoms with E-state index >= 15 is 0 Å². The second-order valence-corrected chi connectivity index (χ2v) is 10.7. The maximum atomic E-state index is 11.8. The van der Waals surface area contributed by atoms with Gasteiger partial charge in [0.2, 0.25) is 0 Å². The van der Waals surface area contributed by atoms with E-state index in [4.69, 9.17) is 28.9 Å². The summed E-state index contributed by atoms with van der Waals surface area (Å²) in [5, 5.41) is 0. The summed E-state index contributed by atoms with van der Waals surface area (Å²) in [5.41, 5.74) is 0. The van der Waals surface area contributed by atoms with Gasteiger partial charge in [0.05, 0.1) is 18.8 Å². The predicted octanol–water partition coefficient (Wildman–Crippen LogP) is -0.0120. The Morgan fingerprint density at radius 2 is 1.70 bits per heavy atom. The summed E-state index contributed by atoms with van der Waals surface area (Å²) in [6, 6.07) is -0.233. The average molecular weight is 454 g/mol. The zero-order chi connectivity index (χ0) is 20.5. The second-order valence-electron chi connectivity index (χ2n) is 6.24. The van der Waals surface area contributed by atoms with Gasteiger partial charge in [-0.2, -0.15) is 8.62 Å². The summed E-state index contributed by atoms with van der Waals surface area (Å²) in [4.78, 5) is 35.6. The van der Waals surface area contributed by atoms with Gasteiger partial charge in [0, 0.05) is 12.4 Å². The molecule has 0 aromatic heterocycles. The fraction of sp³-hybridized carbons (Fsp3) is 1.00. The van der Waals surface area contributed by atoms with Crippen LogP contribution in [0.3, 0.4) is 0 Å². The van der Waals surface area contributed by atoms with E-state index in [1.807, 2.05) is 6.92 Å². The van der Waals surface area contributed by atoms with E-state index < -0.39 is 48.6 Å². The van der Waals surface area contributed by atoms with Crippen molar-refractivity contribution in [3.63, 3.8) is 0 Å². The maximum absolute atomic E-state index is 11.8. The summed E-state index contributed by atoms with van der Waals surface area (Å²) < 4.78 is 62.5. The normalized spacial score (nSPS) is 36.4. The number of hydrogen-bond acceptors (Lipinski definition) is 9. The highest BCUT2D eigenvalue weighted by Crippen LogP contribution is 2.66. The van der Waals surface area contributed by atoms with Crippen molar-refractivity contribution in [3.8, 4) is 0 Å². The molecule has 7 unspecified atom stereocenters. The summed E-state index contributed by atoms with van der Waals surface area (Å²) in [6.45, 7) is 1.37. The Morgan fingerprint density at radius 1 is 1.04 bits per heavy atom. The van der Waals surface area contributed by atoms with Crippen molar-refractivity contribution in [2.75, 3.05) is 6.61 Å². The third kappa shape index (κ3) is 8.32. The van der Waals surface area contributed by atoms with Crippen molar-refractivity contribution in [2.45, 2.75) is 56.8 Å². The van der Waals surface area contributed by atoms with Crippen LogP contribution < -0.4 is 0 Å². The van der Waals surface area contributed by atoms with E-state index in [1.165, 1.54) is 0 Å². The first-order valence-electron chi connectivity index (χ1n) is 7.99.